The van der Waals surface area contributed by atoms with Crippen LogP contribution in [0.1, 0.15) is 57.1 Å². The molecule has 0 amide bonds. The maximum absolute atomic E-state index is 13.2. The number of hydrogen-bond donors (Lipinski definition) is 0. The molecule has 234 valence electrons. The van der Waals surface area contributed by atoms with Gasteiger partial charge in [-0.2, -0.15) is 0 Å². The summed E-state index contributed by atoms with van der Waals surface area (Å²) >= 11 is 0. The Labute approximate surface area is 270 Å². The lowest BCUT2D eigenvalue weighted by Gasteiger charge is -2.43. The van der Waals surface area contributed by atoms with Crippen molar-refractivity contribution < 1.29 is 18.7 Å². The maximum atomic E-state index is 13.2. The number of methoxy groups -OCH3 is 1. The summed E-state index contributed by atoms with van der Waals surface area (Å²) in [6.45, 7) is 7.86. The highest BCUT2D eigenvalue weighted by atomic mass is 28.4. The van der Waals surface area contributed by atoms with Crippen LogP contribution >= 0.6 is 0 Å². The zero-order valence-electron chi connectivity index (χ0n) is 27.0. The molecule has 0 aromatic heterocycles. The van der Waals surface area contributed by atoms with Gasteiger partial charge in [-0.05, 0) is 69.8 Å². The number of ether oxygens (including phenoxy) is 2. The summed E-state index contributed by atoms with van der Waals surface area (Å²) in [7, 11) is -0.974. The van der Waals surface area contributed by atoms with Gasteiger partial charge in [0.1, 0.15) is 12.4 Å². The molecule has 0 spiro atoms. The van der Waals surface area contributed by atoms with Crippen LogP contribution in [0, 0.1) is 11.8 Å². The molecular weight excluding hydrogens is 573 g/mol. The first-order valence-electron chi connectivity index (χ1n) is 16.1. The Morgan fingerprint density at radius 2 is 1.40 bits per heavy atom. The largest absolute Gasteiger partial charge is 0.497 e. The molecule has 4 aromatic rings. The molecular formula is C40H46O4Si. The lowest BCUT2D eigenvalue weighted by Crippen LogP contribution is -2.66. The van der Waals surface area contributed by atoms with Gasteiger partial charge in [0.15, 0.2) is 0 Å². The molecule has 0 aliphatic heterocycles. The molecule has 0 radical (unpaired) electrons. The van der Waals surface area contributed by atoms with E-state index in [2.05, 4.69) is 106 Å². The van der Waals surface area contributed by atoms with Crippen molar-refractivity contribution in [2.75, 3.05) is 13.7 Å². The van der Waals surface area contributed by atoms with Crippen LogP contribution in [0.5, 0.6) is 5.75 Å². The van der Waals surface area contributed by atoms with Crippen LogP contribution < -0.4 is 15.1 Å². The van der Waals surface area contributed by atoms with E-state index >= 15 is 0 Å². The average Bonchev–Trinajstić information content (AvgIpc) is 3.08. The number of carbonyl (C=O) groups excluding carboxylic acids is 1. The van der Waals surface area contributed by atoms with Gasteiger partial charge in [-0.25, -0.2) is 0 Å². The zero-order valence-corrected chi connectivity index (χ0v) is 28.0. The van der Waals surface area contributed by atoms with Crippen LogP contribution in [0.4, 0.5) is 0 Å². The molecule has 0 bridgehead atoms. The van der Waals surface area contributed by atoms with E-state index in [1.54, 1.807) is 7.11 Å². The highest BCUT2D eigenvalue weighted by molar-refractivity contribution is 6.99. The number of allylic oxidation sites excluding steroid dienone is 2. The minimum absolute atomic E-state index is 0.0936. The Bertz CT molecular complexity index is 1470. The second-order valence-electron chi connectivity index (χ2n) is 13.0. The van der Waals surface area contributed by atoms with Crippen molar-refractivity contribution in [1.29, 1.82) is 0 Å². The highest BCUT2D eigenvalue weighted by Gasteiger charge is 2.50. The molecule has 45 heavy (non-hydrogen) atoms. The summed E-state index contributed by atoms with van der Waals surface area (Å²) in [4.78, 5) is 13.2. The molecule has 0 heterocycles. The minimum Gasteiger partial charge on any atom is -0.497 e. The van der Waals surface area contributed by atoms with E-state index in [0.29, 0.717) is 19.6 Å². The van der Waals surface area contributed by atoms with Crippen molar-refractivity contribution in [1.82, 2.24) is 0 Å². The number of hydrogen-bond acceptors (Lipinski definition) is 4. The first kappa shape index (κ1) is 32.5. The topological polar surface area (TPSA) is 44.8 Å². The van der Waals surface area contributed by atoms with E-state index in [-0.39, 0.29) is 28.8 Å². The van der Waals surface area contributed by atoms with Crippen LogP contribution in [0.15, 0.2) is 127 Å². The summed E-state index contributed by atoms with van der Waals surface area (Å²) in [6.07, 6.45) is 6.76. The van der Waals surface area contributed by atoms with Crippen LogP contribution in [-0.4, -0.2) is 28.0 Å². The summed E-state index contributed by atoms with van der Waals surface area (Å²) in [5.41, 5.74) is 2.24. The van der Waals surface area contributed by atoms with Gasteiger partial charge in [-0.15, -0.1) is 0 Å². The number of carbonyl (C=O) groups is 1. The summed E-state index contributed by atoms with van der Waals surface area (Å²) in [6, 6.07) is 39.9. The fourth-order valence-corrected chi connectivity index (χ4v) is 11.4. The van der Waals surface area contributed by atoms with Gasteiger partial charge in [0.25, 0.3) is 8.32 Å². The molecule has 1 aliphatic rings. The van der Waals surface area contributed by atoms with Gasteiger partial charge in [-0.1, -0.05) is 136 Å². The van der Waals surface area contributed by atoms with Crippen LogP contribution in [0.2, 0.25) is 5.04 Å². The van der Waals surface area contributed by atoms with Gasteiger partial charge in [0, 0.05) is 6.61 Å². The summed E-state index contributed by atoms with van der Waals surface area (Å²) < 4.78 is 18.6. The Morgan fingerprint density at radius 3 is 1.96 bits per heavy atom. The minimum atomic E-state index is -2.67. The van der Waals surface area contributed by atoms with E-state index < -0.39 is 8.32 Å². The number of rotatable bonds is 12. The molecule has 0 N–H and O–H groups in total. The number of benzene rings is 4. The van der Waals surface area contributed by atoms with E-state index in [4.69, 9.17) is 13.9 Å². The monoisotopic (exact) mass is 618 g/mol. The number of esters is 1. The van der Waals surface area contributed by atoms with Crippen molar-refractivity contribution in [2.45, 2.75) is 57.6 Å². The lowest BCUT2D eigenvalue weighted by molar-refractivity contribution is -0.150. The molecule has 4 aromatic carbocycles. The van der Waals surface area contributed by atoms with Gasteiger partial charge in [0.2, 0.25) is 0 Å². The third-order valence-electron chi connectivity index (χ3n) is 9.14. The Morgan fingerprint density at radius 1 is 0.822 bits per heavy atom. The SMILES string of the molecule is COc1ccc(C(CCO[Si](c2ccccc2)(c2ccccc2)C(C)(C)C)C2C=CCC(C(=O)OCc3ccccc3)C2)cc1. The van der Waals surface area contributed by atoms with Crippen molar-refractivity contribution in [2.24, 2.45) is 11.8 Å². The van der Waals surface area contributed by atoms with Crippen molar-refractivity contribution in [3.05, 3.63) is 139 Å². The van der Waals surface area contributed by atoms with E-state index in [9.17, 15) is 4.79 Å². The fraction of sp³-hybridized carbons (Fsp3) is 0.325. The van der Waals surface area contributed by atoms with Gasteiger partial charge < -0.3 is 13.9 Å². The molecule has 0 saturated carbocycles. The van der Waals surface area contributed by atoms with Gasteiger partial charge in [-0.3, -0.25) is 4.79 Å². The molecule has 5 heteroatoms. The van der Waals surface area contributed by atoms with Crippen molar-refractivity contribution >= 4 is 24.7 Å². The molecule has 3 unspecified atom stereocenters. The maximum Gasteiger partial charge on any atom is 0.309 e. The Hall–Kier alpha value is -3.93. The summed E-state index contributed by atoms with van der Waals surface area (Å²) in [5.74, 6) is 0.911. The second kappa shape index (κ2) is 14.9. The highest BCUT2D eigenvalue weighted by Crippen LogP contribution is 2.40. The van der Waals surface area contributed by atoms with E-state index in [1.165, 1.54) is 15.9 Å². The van der Waals surface area contributed by atoms with Crippen molar-refractivity contribution in [3.63, 3.8) is 0 Å². The van der Waals surface area contributed by atoms with Crippen LogP contribution in [0.3, 0.4) is 0 Å². The van der Waals surface area contributed by atoms with E-state index in [1.807, 2.05) is 42.5 Å². The quantitative estimate of drug-likeness (QED) is 0.0915. The first-order valence-corrected chi connectivity index (χ1v) is 18.0. The normalized spacial score (nSPS) is 17.4. The van der Waals surface area contributed by atoms with Crippen LogP contribution in [-0.2, 0) is 20.6 Å². The predicted molar refractivity (Wildman–Crippen MR) is 186 cm³/mol. The zero-order chi connectivity index (χ0) is 31.7. The average molecular weight is 619 g/mol. The molecule has 4 nitrogen and oxygen atoms in total. The Kier molecular flexibility index (Phi) is 10.7. The smallest absolute Gasteiger partial charge is 0.309 e. The first-order chi connectivity index (χ1) is 21.8. The fourth-order valence-electron chi connectivity index (χ4n) is 6.84. The van der Waals surface area contributed by atoms with Crippen LogP contribution in [0.25, 0.3) is 0 Å². The molecule has 5 rings (SSSR count). The van der Waals surface area contributed by atoms with E-state index in [0.717, 1.165) is 24.2 Å². The van der Waals surface area contributed by atoms with Gasteiger partial charge in [0.05, 0.1) is 13.0 Å². The third kappa shape index (κ3) is 7.66. The molecule has 0 saturated heterocycles. The standard InChI is InChI=1S/C40H46O4Si/c1-40(2,3)45(36-19-10-6-11-20-36,37-21-12-7-13-22-37)44-28-27-38(32-23-25-35(42-4)26-24-32)33-17-14-18-34(29-33)39(41)43-30-31-15-8-5-9-16-31/h5-17,19-26,33-34,38H,18,27-30H2,1-4H3. The van der Waals surface area contributed by atoms with Gasteiger partial charge >= 0.3 is 5.97 Å². The second-order valence-corrected chi connectivity index (χ2v) is 17.3. The Balaban J connectivity index is 1.39. The molecule has 1 aliphatic carbocycles. The third-order valence-corrected chi connectivity index (χ3v) is 14.2. The summed E-state index contributed by atoms with van der Waals surface area (Å²) in [5, 5.41) is 2.47. The molecule has 3 atom stereocenters. The lowest BCUT2D eigenvalue weighted by atomic mass is 9.75. The predicted octanol–water partition coefficient (Wildman–Crippen LogP) is 8.07. The molecule has 0 fully saturated rings. The van der Waals surface area contributed by atoms with Crippen molar-refractivity contribution in [3.8, 4) is 5.75 Å².